The van der Waals surface area contributed by atoms with Gasteiger partial charge in [-0.05, 0) is 42.9 Å². The summed E-state index contributed by atoms with van der Waals surface area (Å²) in [7, 11) is 0. The zero-order chi connectivity index (χ0) is 9.42. The van der Waals surface area contributed by atoms with Gasteiger partial charge in [0.2, 0.25) is 0 Å². The van der Waals surface area contributed by atoms with Crippen LogP contribution in [0.5, 0.6) is 0 Å². The van der Waals surface area contributed by atoms with E-state index < -0.39 is 0 Å². The summed E-state index contributed by atoms with van der Waals surface area (Å²) in [6, 6.07) is 6.80. The zero-order valence-corrected chi connectivity index (χ0v) is 8.59. The third-order valence-corrected chi connectivity index (χ3v) is 2.94. The molecule has 68 valence electrons. The Bertz CT molecular complexity index is 358. The van der Waals surface area contributed by atoms with E-state index in [-0.39, 0.29) is 0 Å². The van der Waals surface area contributed by atoms with Crippen LogP contribution in [0, 0.1) is 6.92 Å². The van der Waals surface area contributed by atoms with Crippen molar-refractivity contribution in [2.45, 2.75) is 33.1 Å². The molecule has 0 unspecified atom stereocenters. The molecule has 1 aromatic rings. The molecule has 0 spiro atoms. The predicted molar refractivity (Wildman–Crippen MR) is 57.9 cm³/mol. The fourth-order valence-corrected chi connectivity index (χ4v) is 2.03. The van der Waals surface area contributed by atoms with Crippen molar-refractivity contribution in [3.8, 4) is 0 Å². The van der Waals surface area contributed by atoms with Gasteiger partial charge in [0.05, 0.1) is 0 Å². The molecule has 1 aliphatic rings. The molecule has 1 atom stereocenters. The highest BCUT2D eigenvalue weighted by Gasteiger charge is 2.15. The Morgan fingerprint density at radius 2 is 2.00 bits per heavy atom. The van der Waals surface area contributed by atoms with Crippen LogP contribution in [-0.2, 0) is 0 Å². The van der Waals surface area contributed by atoms with Crippen LogP contribution < -0.4 is 0 Å². The standard InChI is InChI=1S/C13H16/c1-9-4-7-12-10(2)5-6-11(3)13(12)8-9/h4,6-8,10H,5H2,1-3H3/t10-/m1/s1. The van der Waals surface area contributed by atoms with Crippen molar-refractivity contribution >= 4 is 5.57 Å². The number of fused-ring (bicyclic) bond motifs is 1. The average Bonchev–Trinajstić information content (AvgIpc) is 2.12. The van der Waals surface area contributed by atoms with E-state index in [9.17, 15) is 0 Å². The Hall–Kier alpha value is -1.04. The van der Waals surface area contributed by atoms with Crippen molar-refractivity contribution in [2.75, 3.05) is 0 Å². The summed E-state index contributed by atoms with van der Waals surface area (Å²) in [5, 5.41) is 0. The minimum atomic E-state index is 0.694. The van der Waals surface area contributed by atoms with E-state index >= 15 is 0 Å². The summed E-state index contributed by atoms with van der Waals surface area (Å²) < 4.78 is 0. The first-order valence-electron chi connectivity index (χ1n) is 4.96. The van der Waals surface area contributed by atoms with Crippen LogP contribution in [0.2, 0.25) is 0 Å². The van der Waals surface area contributed by atoms with Crippen LogP contribution in [0.4, 0.5) is 0 Å². The first-order valence-corrected chi connectivity index (χ1v) is 4.96. The molecule has 13 heavy (non-hydrogen) atoms. The Labute approximate surface area is 80.3 Å². The lowest BCUT2D eigenvalue weighted by atomic mass is 9.84. The molecule has 0 nitrogen and oxygen atoms in total. The van der Waals surface area contributed by atoms with E-state index in [1.54, 1.807) is 0 Å². The molecular weight excluding hydrogens is 156 g/mol. The molecule has 0 amide bonds. The van der Waals surface area contributed by atoms with E-state index in [1.807, 2.05) is 0 Å². The highest BCUT2D eigenvalue weighted by atomic mass is 14.2. The molecule has 1 aliphatic carbocycles. The maximum Gasteiger partial charge on any atom is -0.0150 e. The lowest BCUT2D eigenvalue weighted by Crippen LogP contribution is -2.02. The largest absolute Gasteiger partial charge is 0.0804 e. The highest BCUT2D eigenvalue weighted by molar-refractivity contribution is 5.69. The SMILES string of the molecule is CC1=CC[C@@H](C)c2ccc(C)cc21. The first-order chi connectivity index (χ1) is 6.18. The number of benzene rings is 1. The second-order valence-electron chi connectivity index (χ2n) is 4.11. The van der Waals surface area contributed by atoms with E-state index in [1.165, 1.54) is 28.7 Å². The van der Waals surface area contributed by atoms with Gasteiger partial charge in [0, 0.05) is 0 Å². The molecule has 2 rings (SSSR count). The van der Waals surface area contributed by atoms with Gasteiger partial charge in [0.25, 0.3) is 0 Å². The minimum absolute atomic E-state index is 0.694. The molecule has 0 aliphatic heterocycles. The van der Waals surface area contributed by atoms with Crippen LogP contribution >= 0.6 is 0 Å². The van der Waals surface area contributed by atoms with Gasteiger partial charge in [-0.2, -0.15) is 0 Å². The van der Waals surface area contributed by atoms with Gasteiger partial charge in [-0.3, -0.25) is 0 Å². The van der Waals surface area contributed by atoms with Crippen molar-refractivity contribution < 1.29 is 0 Å². The van der Waals surface area contributed by atoms with E-state index in [0.29, 0.717) is 5.92 Å². The molecule has 0 fully saturated rings. The second kappa shape index (κ2) is 3.02. The first kappa shape index (κ1) is 8.55. The third kappa shape index (κ3) is 1.41. The van der Waals surface area contributed by atoms with Crippen molar-refractivity contribution in [3.63, 3.8) is 0 Å². The summed E-state index contributed by atoms with van der Waals surface area (Å²) in [5.41, 5.74) is 5.78. The van der Waals surface area contributed by atoms with E-state index in [0.717, 1.165) is 0 Å². The summed E-state index contributed by atoms with van der Waals surface area (Å²) in [4.78, 5) is 0. The van der Waals surface area contributed by atoms with Crippen molar-refractivity contribution in [2.24, 2.45) is 0 Å². The van der Waals surface area contributed by atoms with E-state index in [2.05, 4.69) is 45.0 Å². The summed E-state index contributed by atoms with van der Waals surface area (Å²) in [6.07, 6.45) is 3.55. The molecule has 0 radical (unpaired) electrons. The minimum Gasteiger partial charge on any atom is -0.0804 e. The smallest absolute Gasteiger partial charge is 0.0150 e. The van der Waals surface area contributed by atoms with Crippen molar-refractivity contribution in [1.29, 1.82) is 0 Å². The normalized spacial score (nSPS) is 20.8. The fraction of sp³-hybridized carbons (Fsp3) is 0.385. The van der Waals surface area contributed by atoms with Crippen molar-refractivity contribution in [3.05, 3.63) is 41.0 Å². The van der Waals surface area contributed by atoms with Gasteiger partial charge >= 0.3 is 0 Å². The monoisotopic (exact) mass is 172 g/mol. The molecule has 0 saturated heterocycles. The molecule has 0 heterocycles. The maximum absolute atomic E-state index is 2.35. The van der Waals surface area contributed by atoms with Gasteiger partial charge in [-0.1, -0.05) is 36.8 Å². The molecule has 0 bridgehead atoms. The van der Waals surface area contributed by atoms with Crippen LogP contribution in [0.15, 0.2) is 24.3 Å². The van der Waals surface area contributed by atoms with Gasteiger partial charge in [-0.15, -0.1) is 0 Å². The highest BCUT2D eigenvalue weighted by Crippen LogP contribution is 2.34. The Morgan fingerprint density at radius 3 is 2.77 bits per heavy atom. The van der Waals surface area contributed by atoms with Gasteiger partial charge < -0.3 is 0 Å². The van der Waals surface area contributed by atoms with Crippen LogP contribution in [0.3, 0.4) is 0 Å². The fourth-order valence-electron chi connectivity index (χ4n) is 2.03. The van der Waals surface area contributed by atoms with Gasteiger partial charge in [0.15, 0.2) is 0 Å². The molecule has 0 saturated carbocycles. The molecule has 0 N–H and O–H groups in total. The average molecular weight is 172 g/mol. The van der Waals surface area contributed by atoms with Gasteiger partial charge in [-0.25, -0.2) is 0 Å². The van der Waals surface area contributed by atoms with Gasteiger partial charge in [0.1, 0.15) is 0 Å². The van der Waals surface area contributed by atoms with E-state index in [4.69, 9.17) is 0 Å². The molecule has 0 aromatic heterocycles. The zero-order valence-electron chi connectivity index (χ0n) is 8.59. The number of hydrogen-bond donors (Lipinski definition) is 0. The Kier molecular flexibility index (Phi) is 1.99. The van der Waals surface area contributed by atoms with Crippen LogP contribution in [0.25, 0.3) is 5.57 Å². The Balaban J connectivity index is 2.60. The number of allylic oxidation sites excluding steroid dienone is 2. The second-order valence-corrected chi connectivity index (χ2v) is 4.11. The third-order valence-electron chi connectivity index (χ3n) is 2.94. The van der Waals surface area contributed by atoms with Crippen LogP contribution in [0.1, 0.15) is 42.9 Å². The maximum atomic E-state index is 2.35. The molecular formula is C13H16. The lowest BCUT2D eigenvalue weighted by Gasteiger charge is -2.21. The topological polar surface area (TPSA) is 0 Å². The lowest BCUT2D eigenvalue weighted by molar-refractivity contribution is 0.766. The molecule has 0 heteroatoms. The number of aryl methyl sites for hydroxylation is 1. The van der Waals surface area contributed by atoms with Crippen molar-refractivity contribution in [1.82, 2.24) is 0 Å². The quantitative estimate of drug-likeness (QED) is 0.556. The molecule has 1 aromatic carbocycles. The van der Waals surface area contributed by atoms with Crippen LogP contribution in [-0.4, -0.2) is 0 Å². The summed E-state index contributed by atoms with van der Waals surface area (Å²) in [6.45, 7) is 6.67. The Morgan fingerprint density at radius 1 is 1.23 bits per heavy atom. The number of rotatable bonds is 0. The number of hydrogen-bond acceptors (Lipinski definition) is 0. The predicted octanol–water partition coefficient (Wildman–Crippen LogP) is 3.91. The summed E-state index contributed by atoms with van der Waals surface area (Å²) >= 11 is 0. The summed E-state index contributed by atoms with van der Waals surface area (Å²) in [5.74, 6) is 0.694.